The third-order valence-electron chi connectivity index (χ3n) is 8.62. The van der Waals surface area contributed by atoms with Crippen molar-refractivity contribution in [2.24, 2.45) is 28.9 Å². The lowest BCUT2D eigenvalue weighted by atomic mass is 9.43. The Labute approximate surface area is 180 Å². The van der Waals surface area contributed by atoms with Crippen molar-refractivity contribution in [2.45, 2.75) is 97.0 Å². The van der Waals surface area contributed by atoms with Crippen molar-refractivity contribution in [1.82, 2.24) is 10.2 Å². The van der Waals surface area contributed by atoms with Crippen molar-refractivity contribution >= 4 is 18.9 Å². The molecule has 8 heteroatoms. The lowest BCUT2D eigenvalue weighted by molar-refractivity contribution is -0.199. The number of nitrogens with zero attached hydrogens (tertiary/aromatic N) is 1. The summed E-state index contributed by atoms with van der Waals surface area (Å²) in [5.41, 5.74) is 5.95. The average molecular weight is 419 g/mol. The molecule has 7 atom stereocenters. The Kier molecular flexibility index (Phi) is 5.51. The zero-order chi connectivity index (χ0) is 22.0. The SMILES string of the molecule is CC(C)[C@H](N)C(=O)N[C@H](C)C(=O)N1CCC[C@H]1B1OC2C[C@@H]3C[C@@H](C3(C)C)[C@]2(C)O1. The average Bonchev–Trinajstić information content (AvgIpc) is 3.29. The Morgan fingerprint density at radius 3 is 2.53 bits per heavy atom. The minimum Gasteiger partial charge on any atom is -0.404 e. The van der Waals surface area contributed by atoms with Crippen molar-refractivity contribution in [3.63, 3.8) is 0 Å². The minimum absolute atomic E-state index is 0.0201. The Balaban J connectivity index is 1.42. The van der Waals surface area contributed by atoms with Crippen LogP contribution in [0.5, 0.6) is 0 Å². The molecule has 30 heavy (non-hydrogen) atoms. The first-order valence-electron chi connectivity index (χ1n) is 11.7. The van der Waals surface area contributed by atoms with Crippen molar-refractivity contribution in [3.05, 3.63) is 0 Å². The molecule has 2 aliphatic heterocycles. The van der Waals surface area contributed by atoms with Gasteiger partial charge in [0.2, 0.25) is 11.8 Å². The summed E-state index contributed by atoms with van der Waals surface area (Å²) in [4.78, 5) is 27.3. The fraction of sp³-hybridized carbons (Fsp3) is 0.909. The van der Waals surface area contributed by atoms with Crippen LogP contribution in [0.3, 0.4) is 0 Å². The van der Waals surface area contributed by atoms with Crippen molar-refractivity contribution < 1.29 is 18.9 Å². The molecule has 2 amide bonds. The maximum atomic E-state index is 13.2. The Hall–Kier alpha value is -1.12. The zero-order valence-corrected chi connectivity index (χ0v) is 19.3. The van der Waals surface area contributed by atoms with Gasteiger partial charge in [-0.25, -0.2) is 0 Å². The predicted molar refractivity (Wildman–Crippen MR) is 115 cm³/mol. The van der Waals surface area contributed by atoms with E-state index in [1.165, 1.54) is 6.42 Å². The zero-order valence-electron chi connectivity index (χ0n) is 19.3. The molecule has 2 bridgehead atoms. The Morgan fingerprint density at radius 1 is 1.20 bits per heavy atom. The highest BCUT2D eigenvalue weighted by molar-refractivity contribution is 6.48. The van der Waals surface area contributed by atoms with E-state index in [-0.39, 0.29) is 42.5 Å². The van der Waals surface area contributed by atoms with Gasteiger partial charge in [0.1, 0.15) is 6.04 Å². The molecule has 5 rings (SSSR count). The molecule has 0 radical (unpaired) electrons. The van der Waals surface area contributed by atoms with Gasteiger partial charge in [0, 0.05) is 6.54 Å². The summed E-state index contributed by atoms with van der Waals surface area (Å²) in [6.07, 6.45) is 4.14. The van der Waals surface area contributed by atoms with Crippen LogP contribution in [0.2, 0.25) is 0 Å². The molecule has 7 nitrogen and oxygen atoms in total. The Morgan fingerprint density at radius 2 is 1.90 bits per heavy atom. The minimum atomic E-state index is -0.617. The van der Waals surface area contributed by atoms with Gasteiger partial charge >= 0.3 is 7.12 Å². The molecular weight excluding hydrogens is 381 g/mol. The predicted octanol–water partition coefficient (Wildman–Crippen LogP) is 1.73. The lowest BCUT2D eigenvalue weighted by Gasteiger charge is -2.64. The third-order valence-corrected chi connectivity index (χ3v) is 8.62. The van der Waals surface area contributed by atoms with Crippen LogP contribution in [0.25, 0.3) is 0 Å². The second-order valence-corrected chi connectivity index (χ2v) is 11.1. The quantitative estimate of drug-likeness (QED) is 0.662. The molecule has 0 aromatic heterocycles. The normalized spacial score (nSPS) is 38.8. The van der Waals surface area contributed by atoms with Gasteiger partial charge in [-0.2, -0.15) is 0 Å². The van der Waals surface area contributed by atoms with Crippen LogP contribution >= 0.6 is 0 Å². The number of likely N-dealkylation sites (tertiary alicyclic amines) is 1. The van der Waals surface area contributed by atoms with Gasteiger partial charge in [-0.15, -0.1) is 0 Å². The van der Waals surface area contributed by atoms with Crippen molar-refractivity contribution in [2.75, 3.05) is 6.54 Å². The molecule has 0 spiro atoms. The largest absolute Gasteiger partial charge is 0.481 e. The smallest absolute Gasteiger partial charge is 0.404 e. The van der Waals surface area contributed by atoms with Gasteiger partial charge in [0.05, 0.1) is 23.7 Å². The molecule has 0 aromatic rings. The van der Waals surface area contributed by atoms with Gasteiger partial charge in [0.25, 0.3) is 0 Å². The highest BCUT2D eigenvalue weighted by Crippen LogP contribution is 2.65. The van der Waals surface area contributed by atoms with Gasteiger partial charge in [-0.1, -0.05) is 27.7 Å². The number of carbonyl (C=O) groups excluding carboxylic acids is 2. The fourth-order valence-electron chi connectivity index (χ4n) is 6.34. The van der Waals surface area contributed by atoms with Crippen LogP contribution in [-0.2, 0) is 18.9 Å². The summed E-state index contributed by atoms with van der Waals surface area (Å²) in [7, 11) is -0.387. The molecule has 3 N–H and O–H groups in total. The number of hydrogen-bond donors (Lipinski definition) is 2. The van der Waals surface area contributed by atoms with Crippen LogP contribution in [0.15, 0.2) is 0 Å². The van der Waals surface area contributed by atoms with E-state index < -0.39 is 12.1 Å². The molecule has 5 fully saturated rings. The van der Waals surface area contributed by atoms with E-state index in [1.54, 1.807) is 6.92 Å². The lowest BCUT2D eigenvalue weighted by Crippen LogP contribution is -2.65. The van der Waals surface area contributed by atoms with Gasteiger partial charge in [0.15, 0.2) is 0 Å². The van der Waals surface area contributed by atoms with E-state index >= 15 is 0 Å². The first kappa shape index (κ1) is 22.1. The van der Waals surface area contributed by atoms with Gasteiger partial charge < -0.3 is 25.3 Å². The monoisotopic (exact) mass is 419 g/mol. The summed E-state index contributed by atoms with van der Waals surface area (Å²) in [5.74, 6) is 0.754. The van der Waals surface area contributed by atoms with Crippen LogP contribution in [-0.4, -0.2) is 60.1 Å². The van der Waals surface area contributed by atoms with Crippen LogP contribution in [0.1, 0.15) is 67.2 Å². The maximum absolute atomic E-state index is 13.2. The number of rotatable bonds is 5. The third kappa shape index (κ3) is 3.30. The van der Waals surface area contributed by atoms with E-state index in [9.17, 15) is 9.59 Å². The molecule has 3 saturated carbocycles. The molecule has 3 aliphatic carbocycles. The molecule has 168 valence electrons. The van der Waals surface area contributed by atoms with Crippen LogP contribution in [0.4, 0.5) is 0 Å². The fourth-order valence-corrected chi connectivity index (χ4v) is 6.34. The van der Waals surface area contributed by atoms with Crippen LogP contribution in [0, 0.1) is 23.2 Å². The van der Waals surface area contributed by atoms with Gasteiger partial charge in [-0.05, 0) is 62.7 Å². The standard InChI is InChI=1S/C22H38BN3O4/c1-12(2)18(24)19(27)25-13(3)20(28)26-9-7-8-17(26)23-29-16-11-14-10-15(21(14,4)5)22(16,6)30-23/h12-18H,7-11,24H2,1-6H3,(H,25,27)/t13-,14+,15+,16?,17+,18+,22+/m1/s1. The van der Waals surface area contributed by atoms with E-state index in [4.69, 9.17) is 15.0 Å². The first-order chi connectivity index (χ1) is 14.0. The number of nitrogens with two attached hydrogens (primary N) is 1. The second kappa shape index (κ2) is 7.49. The van der Waals surface area contributed by atoms with E-state index in [0.717, 1.165) is 19.3 Å². The highest BCUT2D eigenvalue weighted by atomic mass is 16.7. The summed E-state index contributed by atoms with van der Waals surface area (Å²) >= 11 is 0. The first-order valence-corrected chi connectivity index (χ1v) is 11.7. The molecular formula is C22H38BN3O4. The Bertz CT molecular complexity index is 716. The molecule has 5 aliphatic rings. The van der Waals surface area contributed by atoms with E-state index in [0.29, 0.717) is 23.8 Å². The highest BCUT2D eigenvalue weighted by Gasteiger charge is 2.69. The van der Waals surface area contributed by atoms with Crippen LogP contribution < -0.4 is 11.1 Å². The summed E-state index contributed by atoms with van der Waals surface area (Å²) < 4.78 is 13.0. The number of amides is 2. The molecule has 0 aromatic carbocycles. The molecule has 2 saturated heterocycles. The molecule has 2 heterocycles. The van der Waals surface area contributed by atoms with Crippen molar-refractivity contribution in [3.8, 4) is 0 Å². The molecule has 1 unspecified atom stereocenters. The topological polar surface area (TPSA) is 93.9 Å². The number of hydrogen-bond acceptors (Lipinski definition) is 5. The maximum Gasteiger partial charge on any atom is 0.481 e. The number of nitrogens with one attached hydrogen (secondary N) is 1. The summed E-state index contributed by atoms with van der Waals surface area (Å²) in [5, 5.41) is 2.79. The summed E-state index contributed by atoms with van der Waals surface area (Å²) in [6, 6.07) is -1.23. The summed E-state index contributed by atoms with van der Waals surface area (Å²) in [6.45, 7) is 13.1. The van der Waals surface area contributed by atoms with Gasteiger partial charge in [-0.3, -0.25) is 9.59 Å². The van der Waals surface area contributed by atoms with Crippen molar-refractivity contribution in [1.29, 1.82) is 0 Å². The second-order valence-electron chi connectivity index (χ2n) is 11.1. The number of carbonyl (C=O) groups is 2. The van der Waals surface area contributed by atoms with E-state index in [2.05, 4.69) is 26.1 Å². The van der Waals surface area contributed by atoms with E-state index in [1.807, 2.05) is 18.7 Å².